The quantitative estimate of drug-likeness (QED) is 0.900. The monoisotopic (exact) mass is 261 g/mol. The summed E-state index contributed by atoms with van der Waals surface area (Å²) < 4.78 is 5.52. The van der Waals surface area contributed by atoms with Crippen molar-refractivity contribution in [1.82, 2.24) is 4.90 Å². The highest BCUT2D eigenvalue weighted by atomic mass is 16.5. The number of aryl methyl sites for hydroxylation is 1. The second-order valence-corrected chi connectivity index (χ2v) is 5.72. The molecule has 2 atom stereocenters. The molecule has 1 heterocycles. The number of nitrogens with zero attached hydrogens (tertiary/aromatic N) is 1. The molecular formula is C16H23NO2. The number of rotatable bonds is 3. The van der Waals surface area contributed by atoms with Gasteiger partial charge in [0.2, 0.25) is 0 Å². The zero-order valence-electron chi connectivity index (χ0n) is 11.4. The van der Waals surface area contributed by atoms with Crippen molar-refractivity contribution in [1.29, 1.82) is 0 Å². The van der Waals surface area contributed by atoms with Crippen molar-refractivity contribution in [3.8, 4) is 0 Å². The van der Waals surface area contributed by atoms with Gasteiger partial charge in [0.05, 0.1) is 19.3 Å². The molecule has 1 aliphatic carbocycles. The Morgan fingerprint density at radius 3 is 3.11 bits per heavy atom. The first-order valence-electron chi connectivity index (χ1n) is 7.39. The van der Waals surface area contributed by atoms with E-state index in [9.17, 15) is 5.11 Å². The molecule has 1 aromatic rings. The van der Waals surface area contributed by atoms with Crippen LogP contribution >= 0.6 is 0 Å². The average molecular weight is 261 g/mol. The van der Waals surface area contributed by atoms with Crippen molar-refractivity contribution in [3.05, 3.63) is 35.4 Å². The van der Waals surface area contributed by atoms with E-state index >= 15 is 0 Å². The van der Waals surface area contributed by atoms with Crippen LogP contribution < -0.4 is 0 Å². The summed E-state index contributed by atoms with van der Waals surface area (Å²) in [5, 5.41) is 9.22. The van der Waals surface area contributed by atoms with Gasteiger partial charge in [0.15, 0.2) is 0 Å². The molecule has 0 radical (unpaired) electrons. The molecule has 2 unspecified atom stereocenters. The van der Waals surface area contributed by atoms with Gasteiger partial charge in [0.25, 0.3) is 0 Å². The molecule has 1 N–H and O–H groups in total. The lowest BCUT2D eigenvalue weighted by molar-refractivity contribution is -0.0543. The van der Waals surface area contributed by atoms with Crippen LogP contribution in [0.3, 0.4) is 0 Å². The first-order chi connectivity index (χ1) is 9.36. The third kappa shape index (κ3) is 2.99. The Hall–Kier alpha value is -0.900. The van der Waals surface area contributed by atoms with Crippen LogP contribution in [0.1, 0.15) is 29.9 Å². The van der Waals surface area contributed by atoms with Gasteiger partial charge < -0.3 is 9.84 Å². The topological polar surface area (TPSA) is 32.7 Å². The molecule has 19 heavy (non-hydrogen) atoms. The summed E-state index contributed by atoms with van der Waals surface area (Å²) in [4.78, 5) is 2.46. The minimum absolute atomic E-state index is 0.00702. The fraction of sp³-hybridized carbons (Fsp3) is 0.625. The van der Waals surface area contributed by atoms with E-state index < -0.39 is 0 Å². The van der Waals surface area contributed by atoms with Crippen molar-refractivity contribution >= 4 is 0 Å². The van der Waals surface area contributed by atoms with Crippen molar-refractivity contribution < 1.29 is 9.84 Å². The molecule has 3 rings (SSSR count). The van der Waals surface area contributed by atoms with Crippen molar-refractivity contribution in [2.24, 2.45) is 0 Å². The lowest BCUT2D eigenvalue weighted by atomic mass is 9.82. The summed E-state index contributed by atoms with van der Waals surface area (Å²) in [5.41, 5.74) is 3.08. The fourth-order valence-electron chi connectivity index (χ4n) is 3.41. The average Bonchev–Trinajstić information content (AvgIpc) is 2.48. The second kappa shape index (κ2) is 6.04. The standard InChI is InChI=1S/C16H23NO2/c18-12-15-11-17(8-9-19-15)10-14-6-3-5-13-4-1-2-7-16(13)14/h1-2,4,7,14-15,18H,3,5-6,8-12H2. The minimum atomic E-state index is 0.00702. The smallest absolute Gasteiger partial charge is 0.0932 e. The van der Waals surface area contributed by atoms with Crippen molar-refractivity contribution in [3.63, 3.8) is 0 Å². The predicted molar refractivity (Wildman–Crippen MR) is 75.4 cm³/mol. The Morgan fingerprint density at radius 1 is 1.32 bits per heavy atom. The number of hydrogen-bond acceptors (Lipinski definition) is 3. The maximum absolute atomic E-state index is 9.22. The van der Waals surface area contributed by atoms with Gasteiger partial charge in [-0.1, -0.05) is 24.3 Å². The van der Waals surface area contributed by atoms with E-state index in [0.29, 0.717) is 5.92 Å². The lowest BCUT2D eigenvalue weighted by Crippen LogP contribution is -2.45. The fourth-order valence-corrected chi connectivity index (χ4v) is 3.41. The molecule has 0 aromatic heterocycles. The lowest BCUT2D eigenvalue weighted by Gasteiger charge is -2.36. The Kier molecular flexibility index (Phi) is 4.16. The number of benzene rings is 1. The van der Waals surface area contributed by atoms with Crippen molar-refractivity contribution in [2.75, 3.05) is 32.8 Å². The van der Waals surface area contributed by atoms with Crippen LogP contribution in [-0.4, -0.2) is 49.0 Å². The Balaban J connectivity index is 1.67. The normalized spacial score (nSPS) is 28.1. The Morgan fingerprint density at radius 2 is 2.21 bits per heavy atom. The molecule has 1 saturated heterocycles. The maximum Gasteiger partial charge on any atom is 0.0932 e. The zero-order chi connectivity index (χ0) is 13.1. The van der Waals surface area contributed by atoms with Gasteiger partial charge in [0, 0.05) is 19.6 Å². The van der Waals surface area contributed by atoms with E-state index in [1.807, 2.05) is 0 Å². The zero-order valence-corrected chi connectivity index (χ0v) is 11.4. The SMILES string of the molecule is OCC1CN(CC2CCCc3ccccc32)CCO1. The van der Waals surface area contributed by atoms with Gasteiger partial charge >= 0.3 is 0 Å². The number of morpholine rings is 1. The molecule has 3 nitrogen and oxygen atoms in total. The van der Waals surface area contributed by atoms with Crippen LogP contribution in [0.25, 0.3) is 0 Å². The van der Waals surface area contributed by atoms with E-state index in [1.165, 1.54) is 24.8 Å². The Bertz CT molecular complexity index is 421. The largest absolute Gasteiger partial charge is 0.394 e. The van der Waals surface area contributed by atoms with Crippen molar-refractivity contribution in [2.45, 2.75) is 31.3 Å². The van der Waals surface area contributed by atoms with Gasteiger partial charge in [-0.05, 0) is 36.3 Å². The molecule has 3 heteroatoms. The molecule has 0 saturated carbocycles. The van der Waals surface area contributed by atoms with Crippen LogP contribution in [0.5, 0.6) is 0 Å². The van der Waals surface area contributed by atoms with Crippen LogP contribution in [0, 0.1) is 0 Å². The summed E-state index contributed by atoms with van der Waals surface area (Å²) in [7, 11) is 0. The number of hydrogen-bond donors (Lipinski definition) is 1. The third-order valence-corrected chi connectivity index (χ3v) is 4.40. The molecule has 2 aliphatic rings. The number of ether oxygens (including phenoxy) is 1. The van der Waals surface area contributed by atoms with Gasteiger partial charge in [-0.3, -0.25) is 4.90 Å². The maximum atomic E-state index is 9.22. The van der Waals surface area contributed by atoms with Gasteiger partial charge in [-0.2, -0.15) is 0 Å². The molecule has 1 aliphatic heterocycles. The number of fused-ring (bicyclic) bond motifs is 1. The van der Waals surface area contributed by atoms with Gasteiger partial charge in [-0.15, -0.1) is 0 Å². The molecule has 104 valence electrons. The van der Waals surface area contributed by atoms with Gasteiger partial charge in [0.1, 0.15) is 0 Å². The van der Waals surface area contributed by atoms with E-state index in [-0.39, 0.29) is 12.7 Å². The van der Waals surface area contributed by atoms with E-state index in [2.05, 4.69) is 29.2 Å². The minimum Gasteiger partial charge on any atom is -0.394 e. The van der Waals surface area contributed by atoms with Crippen LogP contribution in [0.2, 0.25) is 0 Å². The van der Waals surface area contributed by atoms with E-state index in [4.69, 9.17) is 4.74 Å². The summed E-state index contributed by atoms with van der Waals surface area (Å²) in [6.45, 7) is 3.86. The molecule has 1 fully saturated rings. The summed E-state index contributed by atoms with van der Waals surface area (Å²) in [6, 6.07) is 8.88. The first kappa shape index (κ1) is 13.1. The van der Waals surface area contributed by atoms with Gasteiger partial charge in [-0.25, -0.2) is 0 Å². The first-order valence-corrected chi connectivity index (χ1v) is 7.39. The van der Waals surface area contributed by atoms with Crippen LogP contribution in [0.15, 0.2) is 24.3 Å². The highest BCUT2D eigenvalue weighted by Gasteiger charge is 2.25. The molecule has 0 amide bonds. The molecular weight excluding hydrogens is 238 g/mol. The summed E-state index contributed by atoms with van der Waals surface area (Å²) in [5.74, 6) is 0.655. The number of aliphatic hydroxyl groups excluding tert-OH is 1. The summed E-state index contributed by atoms with van der Waals surface area (Å²) >= 11 is 0. The number of aliphatic hydroxyl groups is 1. The highest BCUT2D eigenvalue weighted by Crippen LogP contribution is 2.32. The predicted octanol–water partition coefficient (Wildman–Crippen LogP) is 1.80. The second-order valence-electron chi connectivity index (χ2n) is 5.72. The van der Waals surface area contributed by atoms with Crippen LogP contribution in [-0.2, 0) is 11.2 Å². The summed E-state index contributed by atoms with van der Waals surface area (Å²) in [6.07, 6.45) is 3.83. The Labute approximate surface area is 115 Å². The molecule has 1 aromatic carbocycles. The van der Waals surface area contributed by atoms with Crippen LogP contribution in [0.4, 0.5) is 0 Å². The third-order valence-electron chi connectivity index (χ3n) is 4.40. The molecule has 0 bridgehead atoms. The van der Waals surface area contributed by atoms with E-state index in [0.717, 1.165) is 26.2 Å². The van der Waals surface area contributed by atoms with E-state index in [1.54, 1.807) is 5.56 Å². The highest BCUT2D eigenvalue weighted by molar-refractivity contribution is 5.32. The molecule has 0 spiro atoms.